The second-order valence-electron chi connectivity index (χ2n) is 4.87. The Hall–Kier alpha value is -3.57. The number of halogens is 2. The normalized spacial score (nSPS) is 10.9. The van der Waals surface area contributed by atoms with Crippen molar-refractivity contribution < 1.29 is 27.6 Å². The number of nitrogens with zero attached hydrogens (tertiary/aromatic N) is 5. The van der Waals surface area contributed by atoms with Crippen LogP contribution in [0.1, 0.15) is 5.89 Å². The lowest BCUT2D eigenvalue weighted by molar-refractivity contribution is -0.389. The zero-order chi connectivity index (χ0) is 18.7. The molecule has 26 heavy (non-hydrogen) atoms. The molecule has 3 rings (SSSR count). The highest BCUT2D eigenvalue weighted by Crippen LogP contribution is 2.33. The predicted molar refractivity (Wildman–Crippen MR) is 80.9 cm³/mol. The Balaban J connectivity index is 1.79. The highest BCUT2D eigenvalue weighted by atomic mass is 19.3. The molecule has 0 spiro atoms. The lowest BCUT2D eigenvalue weighted by atomic mass is 10.2. The summed E-state index contributed by atoms with van der Waals surface area (Å²) in [7, 11) is 1.31. The molecule has 0 bridgehead atoms. The van der Waals surface area contributed by atoms with Gasteiger partial charge < -0.3 is 24.0 Å². The van der Waals surface area contributed by atoms with Crippen LogP contribution in [0, 0.1) is 10.1 Å². The third-order valence-electron chi connectivity index (χ3n) is 3.20. The number of hydrogen-bond acceptors (Lipinski definition) is 8. The molecular weight excluding hydrogens is 356 g/mol. The van der Waals surface area contributed by atoms with Gasteiger partial charge in [0.25, 0.3) is 0 Å². The summed E-state index contributed by atoms with van der Waals surface area (Å²) >= 11 is 0. The van der Waals surface area contributed by atoms with Gasteiger partial charge in [-0.2, -0.15) is 13.5 Å². The molecule has 136 valence electrons. The molecule has 0 saturated carbocycles. The third kappa shape index (κ3) is 3.74. The topological polar surface area (TPSA) is 118 Å². The van der Waals surface area contributed by atoms with Crippen LogP contribution in [0.2, 0.25) is 0 Å². The molecule has 1 aromatic carbocycles. The average molecular weight is 367 g/mol. The SMILES string of the molecule is COc1cc(-c2nnc(Cn3ccc([N+](=O)[O-])n3)o2)ccc1OC(F)F. The largest absolute Gasteiger partial charge is 0.493 e. The molecule has 0 amide bonds. The van der Waals surface area contributed by atoms with Crippen LogP contribution in [0.5, 0.6) is 11.5 Å². The minimum absolute atomic E-state index is 0.0323. The van der Waals surface area contributed by atoms with E-state index in [-0.39, 0.29) is 35.6 Å². The first-order chi connectivity index (χ1) is 12.5. The van der Waals surface area contributed by atoms with Gasteiger partial charge in [0.05, 0.1) is 24.5 Å². The molecule has 0 fully saturated rings. The number of hydrogen-bond donors (Lipinski definition) is 0. The molecule has 12 heteroatoms. The van der Waals surface area contributed by atoms with E-state index < -0.39 is 11.5 Å². The molecule has 0 saturated heterocycles. The summed E-state index contributed by atoms with van der Waals surface area (Å²) in [5.41, 5.74) is 0.425. The summed E-state index contributed by atoms with van der Waals surface area (Å²) in [5, 5.41) is 22.0. The van der Waals surface area contributed by atoms with Gasteiger partial charge in [-0.1, -0.05) is 0 Å². The monoisotopic (exact) mass is 367 g/mol. The lowest BCUT2D eigenvalue weighted by Crippen LogP contribution is -2.03. The molecule has 0 radical (unpaired) electrons. The number of benzene rings is 1. The zero-order valence-corrected chi connectivity index (χ0v) is 13.2. The number of rotatable bonds is 7. The Morgan fingerprint density at radius 3 is 2.77 bits per heavy atom. The van der Waals surface area contributed by atoms with Gasteiger partial charge in [-0.25, -0.2) is 0 Å². The fourth-order valence-electron chi connectivity index (χ4n) is 2.10. The van der Waals surface area contributed by atoms with Gasteiger partial charge in [-0.3, -0.25) is 0 Å². The summed E-state index contributed by atoms with van der Waals surface area (Å²) in [6.45, 7) is -2.95. The Labute approximate surface area is 144 Å². The van der Waals surface area contributed by atoms with Gasteiger partial charge in [0.15, 0.2) is 11.5 Å². The number of ether oxygens (including phenoxy) is 2. The Morgan fingerprint density at radius 1 is 1.31 bits per heavy atom. The molecule has 0 aliphatic carbocycles. The summed E-state index contributed by atoms with van der Waals surface area (Å²) in [4.78, 5) is 10.00. The van der Waals surface area contributed by atoms with Crippen LogP contribution in [0.4, 0.5) is 14.6 Å². The maximum absolute atomic E-state index is 12.4. The van der Waals surface area contributed by atoms with E-state index in [2.05, 4.69) is 20.0 Å². The van der Waals surface area contributed by atoms with Crippen molar-refractivity contribution in [3.8, 4) is 23.0 Å². The molecule has 2 heterocycles. The first-order valence-corrected chi connectivity index (χ1v) is 7.09. The quantitative estimate of drug-likeness (QED) is 0.462. The van der Waals surface area contributed by atoms with Gasteiger partial charge in [0.1, 0.15) is 6.54 Å². The molecule has 0 N–H and O–H groups in total. The minimum Gasteiger partial charge on any atom is -0.493 e. The molecule has 0 aliphatic heterocycles. The van der Waals surface area contributed by atoms with E-state index in [1.54, 1.807) is 0 Å². The molecule has 0 aliphatic rings. The first kappa shape index (κ1) is 17.3. The van der Waals surface area contributed by atoms with Crippen LogP contribution in [-0.4, -0.2) is 38.6 Å². The van der Waals surface area contributed by atoms with Crippen LogP contribution in [0.3, 0.4) is 0 Å². The molecular formula is C14H11F2N5O5. The van der Waals surface area contributed by atoms with Crippen LogP contribution in [0.25, 0.3) is 11.5 Å². The second-order valence-corrected chi connectivity index (χ2v) is 4.87. The van der Waals surface area contributed by atoms with Gasteiger partial charge in [-0.05, 0) is 23.1 Å². The minimum atomic E-state index is -2.98. The van der Waals surface area contributed by atoms with Crippen LogP contribution in [-0.2, 0) is 6.54 Å². The summed E-state index contributed by atoms with van der Waals surface area (Å²) in [5.74, 6) is -0.0855. The first-order valence-electron chi connectivity index (χ1n) is 7.09. The van der Waals surface area contributed by atoms with Crippen LogP contribution in [0.15, 0.2) is 34.9 Å². The Kier molecular flexibility index (Phi) is 4.73. The van der Waals surface area contributed by atoms with Crippen LogP contribution >= 0.6 is 0 Å². The average Bonchev–Trinajstić information content (AvgIpc) is 3.25. The van der Waals surface area contributed by atoms with E-state index in [9.17, 15) is 18.9 Å². The zero-order valence-electron chi connectivity index (χ0n) is 13.2. The number of aromatic nitrogens is 4. The Morgan fingerprint density at radius 2 is 2.12 bits per heavy atom. The molecule has 0 unspecified atom stereocenters. The number of nitro groups is 1. The number of methoxy groups -OCH3 is 1. The van der Waals surface area contributed by atoms with Crippen molar-refractivity contribution in [1.82, 2.24) is 20.0 Å². The van der Waals surface area contributed by atoms with Gasteiger partial charge >= 0.3 is 12.4 Å². The fraction of sp³-hybridized carbons (Fsp3) is 0.214. The van der Waals surface area contributed by atoms with Crippen molar-refractivity contribution in [2.24, 2.45) is 0 Å². The highest BCUT2D eigenvalue weighted by Gasteiger charge is 2.17. The maximum atomic E-state index is 12.4. The molecule has 2 aromatic heterocycles. The van der Waals surface area contributed by atoms with Crippen molar-refractivity contribution in [2.45, 2.75) is 13.2 Å². The third-order valence-corrected chi connectivity index (χ3v) is 3.20. The Bertz CT molecular complexity index is 926. The maximum Gasteiger partial charge on any atom is 0.389 e. The van der Waals surface area contributed by atoms with Gasteiger partial charge in [0, 0.05) is 5.56 Å². The molecule has 3 aromatic rings. The van der Waals surface area contributed by atoms with Gasteiger partial charge in [0.2, 0.25) is 11.8 Å². The van der Waals surface area contributed by atoms with Crippen LogP contribution < -0.4 is 9.47 Å². The smallest absolute Gasteiger partial charge is 0.389 e. The van der Waals surface area contributed by atoms with Crippen molar-refractivity contribution >= 4 is 5.82 Å². The van der Waals surface area contributed by atoms with E-state index in [4.69, 9.17) is 9.15 Å². The van der Waals surface area contributed by atoms with E-state index in [0.717, 1.165) is 0 Å². The predicted octanol–water partition coefficient (Wildman–Crippen LogP) is 2.50. The standard InChI is InChI=1S/C14H11F2N5O5/c1-24-10-6-8(2-3-9(10)25-14(15)16)13-18-17-12(26-13)7-20-5-4-11(19-20)21(22)23/h2-6,14H,7H2,1H3. The summed E-state index contributed by atoms with van der Waals surface area (Å²) in [6.07, 6.45) is 1.40. The second kappa shape index (κ2) is 7.13. The van der Waals surface area contributed by atoms with E-state index >= 15 is 0 Å². The van der Waals surface area contributed by atoms with Crippen molar-refractivity contribution in [2.75, 3.05) is 7.11 Å². The highest BCUT2D eigenvalue weighted by molar-refractivity contribution is 5.59. The van der Waals surface area contributed by atoms with Gasteiger partial charge in [-0.15, -0.1) is 10.2 Å². The molecule has 10 nitrogen and oxygen atoms in total. The summed E-state index contributed by atoms with van der Waals surface area (Å²) < 4.78 is 40.8. The molecule has 0 atom stereocenters. The van der Waals surface area contributed by atoms with Crippen molar-refractivity contribution in [1.29, 1.82) is 0 Å². The fourth-order valence-corrected chi connectivity index (χ4v) is 2.10. The number of alkyl halides is 2. The lowest BCUT2D eigenvalue weighted by Gasteiger charge is -2.10. The van der Waals surface area contributed by atoms with Crippen molar-refractivity contribution in [3.05, 3.63) is 46.5 Å². The van der Waals surface area contributed by atoms with E-state index in [1.165, 1.54) is 42.3 Å². The summed E-state index contributed by atoms with van der Waals surface area (Å²) in [6, 6.07) is 5.40. The van der Waals surface area contributed by atoms with E-state index in [1.807, 2.05) is 0 Å². The van der Waals surface area contributed by atoms with Crippen molar-refractivity contribution in [3.63, 3.8) is 0 Å². The van der Waals surface area contributed by atoms with E-state index in [0.29, 0.717) is 5.56 Å².